The monoisotopic (exact) mass is 768 g/mol. The molecular formula is C40H52N10O6. The van der Waals surface area contributed by atoms with E-state index in [4.69, 9.17) is 38.6 Å². The Morgan fingerprint density at radius 3 is 1.46 bits per heavy atom. The molecule has 2 atom stereocenters. The summed E-state index contributed by atoms with van der Waals surface area (Å²) in [4.78, 5) is 41.7. The molecule has 0 amide bonds. The quantitative estimate of drug-likeness (QED) is 0.138. The van der Waals surface area contributed by atoms with E-state index in [9.17, 15) is 0 Å². The van der Waals surface area contributed by atoms with E-state index in [1.54, 1.807) is 0 Å². The Balaban J connectivity index is 0.000000166. The minimum atomic E-state index is -1.82. The zero-order chi connectivity index (χ0) is 39.6. The van der Waals surface area contributed by atoms with Crippen LogP contribution in [0.5, 0.6) is 0 Å². The van der Waals surface area contributed by atoms with Crippen LogP contribution in [0.4, 0.5) is 11.9 Å². The first-order valence-electron chi connectivity index (χ1n) is 19.1. The van der Waals surface area contributed by atoms with Crippen LogP contribution in [0.3, 0.4) is 0 Å². The van der Waals surface area contributed by atoms with E-state index in [0.717, 1.165) is 83.2 Å². The van der Waals surface area contributed by atoms with E-state index >= 15 is 0 Å². The Morgan fingerprint density at radius 1 is 0.661 bits per heavy atom. The number of rotatable bonds is 8. The molecule has 2 aliphatic rings. The summed E-state index contributed by atoms with van der Waals surface area (Å²) in [5.74, 6) is 1.82. The fourth-order valence-electron chi connectivity index (χ4n) is 7.02. The predicted octanol–water partition coefficient (Wildman–Crippen LogP) is 5.71. The number of carboxylic acid groups (broad SMARTS) is 2. The van der Waals surface area contributed by atoms with Gasteiger partial charge in [0.05, 0.1) is 13.1 Å². The topological polar surface area (TPSA) is 193 Å². The summed E-state index contributed by atoms with van der Waals surface area (Å²) < 4.78 is 15.8. The van der Waals surface area contributed by atoms with Gasteiger partial charge in [-0.15, -0.1) is 0 Å². The van der Waals surface area contributed by atoms with Crippen molar-refractivity contribution in [3.05, 3.63) is 84.0 Å². The summed E-state index contributed by atoms with van der Waals surface area (Å²) in [6.45, 7) is 9.78. The number of nitrogens with one attached hydrogen (secondary N) is 2. The number of pyridine rings is 2. The molecule has 0 saturated carbocycles. The van der Waals surface area contributed by atoms with E-state index in [1.165, 1.54) is 38.8 Å². The molecule has 8 rings (SSSR count). The number of aliphatic carboxylic acids is 2. The van der Waals surface area contributed by atoms with Gasteiger partial charge in [0.25, 0.3) is 0 Å². The van der Waals surface area contributed by atoms with Crippen molar-refractivity contribution >= 4 is 46.2 Å². The first kappa shape index (κ1) is 39.9. The van der Waals surface area contributed by atoms with Crippen molar-refractivity contribution in [3.8, 4) is 0 Å². The Bertz CT molecular complexity index is 2050. The van der Waals surface area contributed by atoms with Crippen LogP contribution in [0.1, 0.15) is 61.6 Å². The number of hydrogen-bond donors (Lipinski definition) is 4. The molecule has 8 heterocycles. The molecule has 6 aromatic heterocycles. The number of imidazole rings is 2. The van der Waals surface area contributed by atoms with Crippen molar-refractivity contribution in [1.82, 2.24) is 38.9 Å². The van der Waals surface area contributed by atoms with E-state index < -0.39 is 11.9 Å². The largest absolute Gasteiger partial charge is 0.473 e. The van der Waals surface area contributed by atoms with E-state index in [0.29, 0.717) is 25.2 Å². The van der Waals surface area contributed by atoms with Gasteiger partial charge in [0.15, 0.2) is 11.3 Å². The van der Waals surface area contributed by atoms with Gasteiger partial charge in [0.2, 0.25) is 11.9 Å². The molecule has 2 fully saturated rings. The lowest BCUT2D eigenvalue weighted by atomic mass is 10.1. The fourth-order valence-corrected chi connectivity index (χ4v) is 7.02. The summed E-state index contributed by atoms with van der Waals surface area (Å²) in [7, 11) is 4.39. The van der Waals surface area contributed by atoms with Crippen LogP contribution in [0.25, 0.3) is 22.3 Å². The molecular weight excluding hydrogens is 717 g/mol. The standard InChI is InChI=1S/2C19H25N5O.C2H2O4/c2*1-14-7-8-16(25-14)13-24-18-17(6-3-10-20-18)22-19(24)21-15-5-4-11-23(2)12-9-15;3-1(4)2(5)6/h2*3,6-8,10,15H,4-5,9,11-13H2,1-2H3,(H,21,22);(H,3,4)(H,5,6). The average molecular weight is 769 g/mol. The summed E-state index contributed by atoms with van der Waals surface area (Å²) in [6, 6.07) is 16.8. The van der Waals surface area contributed by atoms with Gasteiger partial charge in [0.1, 0.15) is 34.1 Å². The number of furan rings is 2. The van der Waals surface area contributed by atoms with Gasteiger partial charge >= 0.3 is 11.9 Å². The first-order chi connectivity index (χ1) is 27.0. The molecule has 6 aromatic rings. The maximum absolute atomic E-state index is 9.10. The molecule has 16 nitrogen and oxygen atoms in total. The number of fused-ring (bicyclic) bond motifs is 2. The highest BCUT2D eigenvalue weighted by molar-refractivity contribution is 6.27. The van der Waals surface area contributed by atoms with E-state index in [1.807, 2.05) is 74.8 Å². The molecule has 2 aliphatic heterocycles. The van der Waals surface area contributed by atoms with Gasteiger partial charge in [-0.2, -0.15) is 0 Å². The summed E-state index contributed by atoms with van der Waals surface area (Å²) in [5, 5.41) is 22.1. The second kappa shape index (κ2) is 18.7. The summed E-state index contributed by atoms with van der Waals surface area (Å²) >= 11 is 0. The van der Waals surface area contributed by atoms with Crippen LogP contribution in [0, 0.1) is 13.8 Å². The second-order valence-corrected chi connectivity index (χ2v) is 14.5. The van der Waals surface area contributed by atoms with Gasteiger partial charge in [-0.05, 0) is 141 Å². The lowest BCUT2D eigenvalue weighted by molar-refractivity contribution is -0.159. The number of aromatic nitrogens is 6. The lowest BCUT2D eigenvalue weighted by Gasteiger charge is -2.18. The zero-order valence-corrected chi connectivity index (χ0v) is 32.5. The van der Waals surface area contributed by atoms with Crippen molar-refractivity contribution in [2.24, 2.45) is 0 Å². The number of nitrogens with zero attached hydrogens (tertiary/aromatic N) is 8. The molecule has 298 valence electrons. The maximum Gasteiger partial charge on any atom is 0.414 e. The highest BCUT2D eigenvalue weighted by atomic mass is 16.4. The van der Waals surface area contributed by atoms with Crippen LogP contribution in [0.2, 0.25) is 0 Å². The van der Waals surface area contributed by atoms with Gasteiger partial charge in [0, 0.05) is 24.5 Å². The Hall–Kier alpha value is -5.74. The third kappa shape index (κ3) is 10.7. The SMILES string of the molecule is Cc1ccc(Cn2c(NC3CCCN(C)CC3)nc3cccnc32)o1.Cc1ccc(Cn2c(NC3CCCN(C)CC3)nc3cccnc32)o1.O=C(O)C(=O)O. The molecule has 0 aliphatic carbocycles. The minimum absolute atomic E-state index is 0.443. The zero-order valence-electron chi connectivity index (χ0n) is 32.5. The van der Waals surface area contributed by atoms with Gasteiger partial charge < -0.3 is 39.5 Å². The molecule has 2 saturated heterocycles. The van der Waals surface area contributed by atoms with Crippen LogP contribution < -0.4 is 10.6 Å². The number of carboxylic acids is 2. The van der Waals surface area contributed by atoms with E-state index in [2.05, 4.69) is 53.6 Å². The number of likely N-dealkylation sites (tertiary alicyclic amines) is 2. The van der Waals surface area contributed by atoms with Crippen molar-refractivity contribution in [2.45, 2.75) is 77.5 Å². The predicted molar refractivity (Wildman–Crippen MR) is 213 cm³/mol. The van der Waals surface area contributed by atoms with Crippen molar-refractivity contribution in [3.63, 3.8) is 0 Å². The first-order valence-corrected chi connectivity index (χ1v) is 19.1. The third-order valence-corrected chi connectivity index (χ3v) is 9.98. The summed E-state index contributed by atoms with van der Waals surface area (Å²) in [6.07, 6.45) is 10.7. The molecule has 16 heteroatoms. The van der Waals surface area contributed by atoms with Crippen molar-refractivity contribution in [2.75, 3.05) is 50.9 Å². The minimum Gasteiger partial charge on any atom is -0.473 e. The Kier molecular flexibility index (Phi) is 13.4. The van der Waals surface area contributed by atoms with Gasteiger partial charge in [-0.25, -0.2) is 29.5 Å². The van der Waals surface area contributed by atoms with E-state index in [-0.39, 0.29) is 0 Å². The molecule has 4 N–H and O–H groups in total. The van der Waals surface area contributed by atoms with Crippen LogP contribution in [0.15, 0.2) is 69.8 Å². The Morgan fingerprint density at radius 2 is 1.09 bits per heavy atom. The molecule has 0 spiro atoms. The third-order valence-electron chi connectivity index (χ3n) is 9.98. The average Bonchev–Trinajstić information content (AvgIpc) is 3.89. The van der Waals surface area contributed by atoms with Gasteiger partial charge in [-0.1, -0.05) is 0 Å². The lowest BCUT2D eigenvalue weighted by Crippen LogP contribution is -2.24. The maximum atomic E-state index is 9.10. The number of hydrogen-bond acceptors (Lipinski definition) is 12. The van der Waals surface area contributed by atoms with Gasteiger partial charge in [-0.3, -0.25) is 9.13 Å². The molecule has 2 unspecified atom stereocenters. The number of carbonyl (C=O) groups is 2. The molecule has 56 heavy (non-hydrogen) atoms. The normalized spacial score (nSPS) is 17.9. The summed E-state index contributed by atoms with van der Waals surface area (Å²) in [5.41, 5.74) is 3.62. The van der Waals surface area contributed by atoms with Crippen molar-refractivity contribution < 1.29 is 28.6 Å². The highest BCUT2D eigenvalue weighted by Crippen LogP contribution is 2.25. The fraction of sp³-hybridized carbons (Fsp3) is 0.450. The number of anilines is 2. The highest BCUT2D eigenvalue weighted by Gasteiger charge is 2.21. The Labute approximate surface area is 325 Å². The number of aryl methyl sites for hydroxylation is 2. The van der Waals surface area contributed by atoms with Crippen LogP contribution in [-0.2, 0) is 22.7 Å². The van der Waals surface area contributed by atoms with Crippen molar-refractivity contribution in [1.29, 1.82) is 0 Å². The van der Waals surface area contributed by atoms with Crippen LogP contribution >= 0.6 is 0 Å². The molecule has 0 bridgehead atoms. The smallest absolute Gasteiger partial charge is 0.414 e. The molecule has 0 radical (unpaired) electrons. The molecule has 0 aromatic carbocycles. The van der Waals surface area contributed by atoms with Crippen LogP contribution in [-0.4, -0.2) is 113 Å². The second-order valence-electron chi connectivity index (χ2n) is 14.5.